The lowest BCUT2D eigenvalue weighted by molar-refractivity contribution is 0.0615. The highest BCUT2D eigenvalue weighted by Gasteiger charge is 2.32. The topological polar surface area (TPSA) is 34.2 Å². The molecule has 2 heterocycles. The molecular weight excluding hydrogens is 232 g/mol. The molecule has 0 amide bonds. The summed E-state index contributed by atoms with van der Waals surface area (Å²) in [7, 11) is 0. The summed E-state index contributed by atoms with van der Waals surface area (Å²) in [5.41, 5.74) is 1.13. The lowest BCUT2D eigenvalue weighted by Crippen LogP contribution is -2.43. The van der Waals surface area contributed by atoms with Crippen LogP contribution in [0.5, 0.6) is 0 Å². The fourth-order valence-corrected chi connectivity index (χ4v) is 3.31. The van der Waals surface area contributed by atoms with Gasteiger partial charge in [-0.1, -0.05) is 13.8 Å². The quantitative estimate of drug-likeness (QED) is 0.876. The summed E-state index contributed by atoms with van der Waals surface area (Å²) in [4.78, 5) is 4.55. The van der Waals surface area contributed by atoms with Crippen LogP contribution < -0.4 is 5.32 Å². The summed E-state index contributed by atoms with van der Waals surface area (Å²) in [6.07, 6.45) is 2.52. The normalized spacial score (nSPS) is 26.3. The molecule has 4 heteroatoms. The largest absolute Gasteiger partial charge is 0.376 e. The van der Waals surface area contributed by atoms with Crippen molar-refractivity contribution in [3.05, 3.63) is 16.1 Å². The number of ether oxygens (including phenoxy) is 1. The van der Waals surface area contributed by atoms with Gasteiger partial charge in [0.05, 0.1) is 11.1 Å². The van der Waals surface area contributed by atoms with E-state index in [4.69, 9.17) is 4.74 Å². The van der Waals surface area contributed by atoms with Crippen LogP contribution in [0.15, 0.2) is 5.38 Å². The fraction of sp³-hybridized carbons (Fsp3) is 0.769. The van der Waals surface area contributed by atoms with Gasteiger partial charge in [0.25, 0.3) is 0 Å². The maximum atomic E-state index is 5.87. The first kappa shape index (κ1) is 13.0. The van der Waals surface area contributed by atoms with Crippen molar-refractivity contribution in [1.82, 2.24) is 10.3 Å². The van der Waals surface area contributed by atoms with Crippen molar-refractivity contribution in [2.45, 2.75) is 45.8 Å². The lowest BCUT2D eigenvalue weighted by atomic mass is 9.95. The van der Waals surface area contributed by atoms with E-state index in [1.165, 1.54) is 11.4 Å². The molecule has 0 saturated carbocycles. The molecular formula is C13H22N2OS. The first-order valence-corrected chi connectivity index (χ1v) is 7.34. The Morgan fingerprint density at radius 1 is 1.65 bits per heavy atom. The Balaban J connectivity index is 2.01. The molecule has 0 aliphatic carbocycles. The molecule has 1 aromatic rings. The van der Waals surface area contributed by atoms with Crippen LogP contribution in [0.2, 0.25) is 0 Å². The Labute approximate surface area is 108 Å². The van der Waals surface area contributed by atoms with Crippen LogP contribution in [-0.4, -0.2) is 30.3 Å². The minimum absolute atomic E-state index is 0.346. The summed E-state index contributed by atoms with van der Waals surface area (Å²) in [6, 6.07) is 0.406. The van der Waals surface area contributed by atoms with Crippen molar-refractivity contribution in [3.63, 3.8) is 0 Å². The third kappa shape index (κ3) is 3.27. The van der Waals surface area contributed by atoms with Gasteiger partial charge in [-0.3, -0.25) is 0 Å². The second-order valence-corrected chi connectivity index (χ2v) is 5.79. The Kier molecular flexibility index (Phi) is 4.54. The van der Waals surface area contributed by atoms with Crippen LogP contribution in [0.1, 0.15) is 31.0 Å². The Morgan fingerprint density at radius 3 is 3.00 bits per heavy atom. The smallest absolute Gasteiger partial charge is 0.0944 e. The molecule has 0 aromatic carbocycles. The summed E-state index contributed by atoms with van der Waals surface area (Å²) in [6.45, 7) is 8.39. The molecule has 1 aliphatic rings. The third-order valence-electron chi connectivity index (χ3n) is 3.37. The first-order valence-electron chi connectivity index (χ1n) is 6.46. The summed E-state index contributed by atoms with van der Waals surface area (Å²) < 4.78 is 5.87. The number of hydrogen-bond acceptors (Lipinski definition) is 4. The third-order valence-corrected chi connectivity index (χ3v) is 4.36. The number of nitrogens with one attached hydrogen (secondary N) is 1. The number of rotatable bonds is 5. The Bertz CT molecular complexity index is 353. The molecule has 2 rings (SSSR count). The second kappa shape index (κ2) is 5.94. The van der Waals surface area contributed by atoms with Crippen molar-refractivity contribution in [1.29, 1.82) is 0 Å². The van der Waals surface area contributed by atoms with Crippen LogP contribution in [0.25, 0.3) is 0 Å². The van der Waals surface area contributed by atoms with E-state index in [2.05, 4.69) is 36.5 Å². The van der Waals surface area contributed by atoms with Crippen LogP contribution >= 0.6 is 11.3 Å². The molecule has 1 N–H and O–H groups in total. The number of hydrogen-bond donors (Lipinski definition) is 1. The molecule has 1 aromatic heterocycles. The molecule has 3 atom stereocenters. The van der Waals surface area contributed by atoms with Gasteiger partial charge in [0.1, 0.15) is 0 Å². The zero-order valence-corrected chi connectivity index (χ0v) is 11.7. The molecule has 3 unspecified atom stereocenters. The van der Waals surface area contributed by atoms with Crippen LogP contribution in [0.3, 0.4) is 0 Å². The summed E-state index contributed by atoms with van der Waals surface area (Å²) in [5, 5.41) is 6.90. The molecule has 0 bridgehead atoms. The van der Waals surface area contributed by atoms with E-state index in [1.807, 2.05) is 0 Å². The predicted octanol–water partition coefficient (Wildman–Crippen LogP) is 2.40. The van der Waals surface area contributed by atoms with E-state index in [0.29, 0.717) is 18.1 Å². The van der Waals surface area contributed by atoms with Gasteiger partial charge in [-0.05, 0) is 25.8 Å². The van der Waals surface area contributed by atoms with Gasteiger partial charge in [-0.25, -0.2) is 4.98 Å². The van der Waals surface area contributed by atoms with E-state index < -0.39 is 0 Å². The fourth-order valence-electron chi connectivity index (χ4n) is 2.48. The van der Waals surface area contributed by atoms with Crippen LogP contribution in [-0.2, 0) is 11.2 Å². The summed E-state index contributed by atoms with van der Waals surface area (Å²) >= 11 is 1.76. The zero-order valence-electron chi connectivity index (χ0n) is 10.9. The van der Waals surface area contributed by atoms with Crippen LogP contribution in [0.4, 0.5) is 0 Å². The van der Waals surface area contributed by atoms with Gasteiger partial charge in [0.15, 0.2) is 0 Å². The number of aryl methyl sites for hydroxylation is 1. The molecule has 17 heavy (non-hydrogen) atoms. The zero-order chi connectivity index (χ0) is 12.3. The SMILES string of the molecule is CCNC(Cc1nc(C)cs1)C1OCCC1C. The van der Waals surface area contributed by atoms with Crippen molar-refractivity contribution < 1.29 is 4.74 Å². The minimum Gasteiger partial charge on any atom is -0.376 e. The second-order valence-electron chi connectivity index (χ2n) is 4.85. The van der Waals surface area contributed by atoms with Gasteiger partial charge in [-0.15, -0.1) is 11.3 Å². The molecule has 0 radical (unpaired) electrons. The van der Waals surface area contributed by atoms with Gasteiger partial charge >= 0.3 is 0 Å². The van der Waals surface area contributed by atoms with Crippen molar-refractivity contribution in [3.8, 4) is 0 Å². The molecule has 1 aliphatic heterocycles. The number of thiazole rings is 1. The molecule has 1 fully saturated rings. The molecule has 3 nitrogen and oxygen atoms in total. The lowest BCUT2D eigenvalue weighted by Gasteiger charge is -2.26. The van der Waals surface area contributed by atoms with Crippen molar-refractivity contribution >= 4 is 11.3 Å². The number of nitrogens with zero attached hydrogens (tertiary/aromatic N) is 1. The first-order chi connectivity index (χ1) is 8.20. The van der Waals surface area contributed by atoms with E-state index in [1.54, 1.807) is 11.3 Å². The standard InChI is InChI=1S/C13H22N2OS/c1-4-14-11(13-9(2)5-6-16-13)7-12-15-10(3)8-17-12/h8-9,11,13-14H,4-7H2,1-3H3. The van der Waals surface area contributed by atoms with Crippen molar-refractivity contribution in [2.24, 2.45) is 5.92 Å². The molecule has 1 saturated heterocycles. The molecule has 0 spiro atoms. The van der Waals surface area contributed by atoms with E-state index in [9.17, 15) is 0 Å². The summed E-state index contributed by atoms with van der Waals surface area (Å²) in [5.74, 6) is 0.653. The number of likely N-dealkylation sites (N-methyl/N-ethyl adjacent to an activating group) is 1. The highest BCUT2D eigenvalue weighted by molar-refractivity contribution is 7.09. The number of aromatic nitrogens is 1. The molecule has 96 valence electrons. The highest BCUT2D eigenvalue weighted by atomic mass is 32.1. The Hall–Kier alpha value is -0.450. The van der Waals surface area contributed by atoms with E-state index in [-0.39, 0.29) is 0 Å². The van der Waals surface area contributed by atoms with Gasteiger partial charge in [0, 0.05) is 30.1 Å². The van der Waals surface area contributed by atoms with E-state index in [0.717, 1.165) is 25.3 Å². The minimum atomic E-state index is 0.346. The predicted molar refractivity (Wildman–Crippen MR) is 71.5 cm³/mol. The maximum Gasteiger partial charge on any atom is 0.0944 e. The monoisotopic (exact) mass is 254 g/mol. The van der Waals surface area contributed by atoms with Gasteiger partial charge in [-0.2, -0.15) is 0 Å². The van der Waals surface area contributed by atoms with Gasteiger partial charge in [0.2, 0.25) is 0 Å². The van der Waals surface area contributed by atoms with E-state index >= 15 is 0 Å². The average molecular weight is 254 g/mol. The maximum absolute atomic E-state index is 5.87. The van der Waals surface area contributed by atoms with Gasteiger partial charge < -0.3 is 10.1 Å². The van der Waals surface area contributed by atoms with Crippen molar-refractivity contribution in [2.75, 3.05) is 13.2 Å². The highest BCUT2D eigenvalue weighted by Crippen LogP contribution is 2.25. The Morgan fingerprint density at radius 2 is 2.47 bits per heavy atom. The van der Waals surface area contributed by atoms with Crippen LogP contribution in [0, 0.1) is 12.8 Å². The average Bonchev–Trinajstić information content (AvgIpc) is 2.87.